The first kappa shape index (κ1) is 17.5. The minimum Gasteiger partial charge on any atom is -0.352 e. The molecule has 0 fully saturated rings. The Balaban J connectivity index is 1.85. The van der Waals surface area contributed by atoms with Crippen LogP contribution >= 0.6 is 23.1 Å². The molecule has 0 aliphatic heterocycles. The van der Waals surface area contributed by atoms with Crippen LogP contribution in [0.15, 0.2) is 46.7 Å². The summed E-state index contributed by atoms with van der Waals surface area (Å²) in [6.45, 7) is 2.03. The number of thioether (sulfide) groups is 1. The van der Waals surface area contributed by atoms with Gasteiger partial charge >= 0.3 is 5.00 Å². The normalized spacial score (nSPS) is 11.9. The first-order chi connectivity index (χ1) is 11.1. The molecule has 122 valence electrons. The van der Waals surface area contributed by atoms with Gasteiger partial charge in [0.05, 0.1) is 15.6 Å². The van der Waals surface area contributed by atoms with Gasteiger partial charge in [0.1, 0.15) is 0 Å². The van der Waals surface area contributed by atoms with Gasteiger partial charge in [0, 0.05) is 6.04 Å². The molecule has 0 aliphatic rings. The minimum absolute atomic E-state index is 0.0722. The van der Waals surface area contributed by atoms with Crippen LogP contribution in [0.25, 0.3) is 0 Å². The Hall–Kier alpha value is -1.86. The van der Waals surface area contributed by atoms with E-state index in [9.17, 15) is 14.9 Å². The summed E-state index contributed by atoms with van der Waals surface area (Å²) in [6, 6.07) is 11.8. The van der Waals surface area contributed by atoms with Crippen LogP contribution in [0.3, 0.4) is 0 Å². The van der Waals surface area contributed by atoms with E-state index in [1.807, 2.05) is 37.3 Å². The van der Waals surface area contributed by atoms with E-state index in [0.717, 1.165) is 24.2 Å². The van der Waals surface area contributed by atoms with Gasteiger partial charge < -0.3 is 5.32 Å². The van der Waals surface area contributed by atoms with Crippen molar-refractivity contribution in [1.29, 1.82) is 0 Å². The highest BCUT2D eigenvalue weighted by Crippen LogP contribution is 2.33. The summed E-state index contributed by atoms with van der Waals surface area (Å²) in [7, 11) is 0. The lowest BCUT2D eigenvalue weighted by Crippen LogP contribution is -2.37. The number of nitrogens with one attached hydrogen (secondary N) is 1. The molecule has 0 spiro atoms. The highest BCUT2D eigenvalue weighted by molar-refractivity contribution is 8.00. The van der Waals surface area contributed by atoms with E-state index in [2.05, 4.69) is 5.32 Å². The molecule has 1 atom stereocenters. The molecule has 2 aromatic rings. The zero-order valence-electron chi connectivity index (χ0n) is 12.7. The van der Waals surface area contributed by atoms with Crippen LogP contribution in [0.1, 0.15) is 18.9 Å². The van der Waals surface area contributed by atoms with Gasteiger partial charge in [-0.05, 0) is 29.9 Å². The molecule has 23 heavy (non-hydrogen) atoms. The van der Waals surface area contributed by atoms with Crippen molar-refractivity contribution < 1.29 is 9.72 Å². The molecule has 0 bridgehead atoms. The first-order valence-electron chi connectivity index (χ1n) is 7.28. The van der Waals surface area contributed by atoms with Gasteiger partial charge in [-0.1, -0.05) is 48.6 Å². The van der Waals surface area contributed by atoms with E-state index in [1.54, 1.807) is 11.4 Å². The molecular weight excluding hydrogens is 332 g/mol. The Labute approximate surface area is 143 Å². The van der Waals surface area contributed by atoms with Gasteiger partial charge in [-0.25, -0.2) is 0 Å². The van der Waals surface area contributed by atoms with E-state index in [1.165, 1.54) is 17.3 Å². The third kappa shape index (κ3) is 5.37. The number of benzene rings is 1. The molecule has 1 aromatic heterocycles. The van der Waals surface area contributed by atoms with Gasteiger partial charge in [-0.15, -0.1) is 11.8 Å². The molecule has 0 saturated carbocycles. The third-order valence-corrected chi connectivity index (χ3v) is 5.36. The van der Waals surface area contributed by atoms with Crippen molar-refractivity contribution in [1.82, 2.24) is 5.32 Å². The minimum atomic E-state index is -0.408. The maximum atomic E-state index is 12.1. The van der Waals surface area contributed by atoms with Crippen molar-refractivity contribution >= 4 is 34.0 Å². The number of nitro groups is 1. The Morgan fingerprint density at radius 1 is 1.35 bits per heavy atom. The molecule has 0 saturated heterocycles. The van der Waals surface area contributed by atoms with Crippen molar-refractivity contribution in [3.8, 4) is 0 Å². The molecule has 1 heterocycles. The second-order valence-electron chi connectivity index (χ2n) is 5.00. The van der Waals surface area contributed by atoms with Crippen molar-refractivity contribution in [3.63, 3.8) is 0 Å². The number of rotatable bonds is 8. The Morgan fingerprint density at radius 3 is 2.74 bits per heavy atom. The predicted octanol–water partition coefficient (Wildman–Crippen LogP) is 3.89. The number of thiophene rings is 1. The maximum Gasteiger partial charge on any atom is 0.337 e. The quantitative estimate of drug-likeness (QED) is 0.445. The summed E-state index contributed by atoms with van der Waals surface area (Å²) in [4.78, 5) is 23.1. The van der Waals surface area contributed by atoms with E-state index in [-0.39, 0.29) is 22.7 Å². The summed E-state index contributed by atoms with van der Waals surface area (Å²) in [5.41, 5.74) is 1.18. The average Bonchev–Trinajstić information content (AvgIpc) is 3.02. The van der Waals surface area contributed by atoms with Crippen LogP contribution < -0.4 is 5.32 Å². The molecule has 5 nitrogen and oxygen atoms in total. The molecule has 2 rings (SSSR count). The zero-order valence-corrected chi connectivity index (χ0v) is 14.4. The molecule has 0 unspecified atom stereocenters. The number of carbonyl (C=O) groups excluding carboxylic acids is 1. The topological polar surface area (TPSA) is 72.2 Å². The molecule has 1 aromatic carbocycles. The van der Waals surface area contributed by atoms with Crippen LogP contribution in [0.2, 0.25) is 0 Å². The number of amides is 1. The fraction of sp³-hybridized carbons (Fsp3) is 0.312. The zero-order chi connectivity index (χ0) is 16.7. The van der Waals surface area contributed by atoms with Crippen molar-refractivity contribution in [2.45, 2.75) is 30.7 Å². The summed E-state index contributed by atoms with van der Waals surface area (Å²) >= 11 is 2.28. The van der Waals surface area contributed by atoms with Crippen LogP contribution in [-0.4, -0.2) is 22.6 Å². The number of hydrogen-bond acceptors (Lipinski definition) is 5. The smallest absolute Gasteiger partial charge is 0.337 e. The monoisotopic (exact) mass is 350 g/mol. The van der Waals surface area contributed by atoms with Gasteiger partial charge in [0.2, 0.25) is 5.91 Å². The molecule has 7 heteroatoms. The second-order valence-corrected chi connectivity index (χ2v) is 6.91. The first-order valence-corrected chi connectivity index (χ1v) is 9.14. The highest BCUT2D eigenvalue weighted by atomic mass is 32.2. The van der Waals surface area contributed by atoms with Crippen LogP contribution in [-0.2, 0) is 11.2 Å². The van der Waals surface area contributed by atoms with Crippen molar-refractivity contribution in [2.24, 2.45) is 0 Å². The van der Waals surface area contributed by atoms with Gasteiger partial charge in [-0.3, -0.25) is 14.9 Å². The number of carbonyl (C=O) groups is 1. The summed E-state index contributed by atoms with van der Waals surface area (Å²) < 4.78 is 0. The fourth-order valence-corrected chi connectivity index (χ4v) is 3.88. The van der Waals surface area contributed by atoms with Crippen LogP contribution in [0.4, 0.5) is 5.00 Å². The summed E-state index contributed by atoms with van der Waals surface area (Å²) in [5.74, 6) is 0.0846. The fourth-order valence-electron chi connectivity index (χ4n) is 2.14. The Kier molecular flexibility index (Phi) is 6.61. The molecular formula is C16H18N2O3S2. The molecule has 0 aliphatic carbocycles. The van der Waals surface area contributed by atoms with E-state index in [0.29, 0.717) is 4.90 Å². The van der Waals surface area contributed by atoms with E-state index < -0.39 is 4.92 Å². The van der Waals surface area contributed by atoms with Crippen molar-refractivity contribution in [2.75, 3.05) is 5.75 Å². The van der Waals surface area contributed by atoms with Crippen molar-refractivity contribution in [3.05, 3.63) is 57.5 Å². The largest absolute Gasteiger partial charge is 0.352 e. The van der Waals surface area contributed by atoms with Gasteiger partial charge in [0.15, 0.2) is 0 Å². The Bertz CT molecular complexity index is 658. The van der Waals surface area contributed by atoms with E-state index in [4.69, 9.17) is 0 Å². The van der Waals surface area contributed by atoms with Crippen LogP contribution in [0, 0.1) is 10.1 Å². The van der Waals surface area contributed by atoms with Gasteiger partial charge in [0.25, 0.3) is 0 Å². The lowest BCUT2D eigenvalue weighted by atomic mass is 10.0. The maximum absolute atomic E-state index is 12.1. The molecule has 1 N–H and O–H groups in total. The number of hydrogen-bond donors (Lipinski definition) is 1. The molecule has 0 radical (unpaired) electrons. The average molecular weight is 350 g/mol. The van der Waals surface area contributed by atoms with Gasteiger partial charge in [-0.2, -0.15) is 0 Å². The highest BCUT2D eigenvalue weighted by Gasteiger charge is 2.18. The second kappa shape index (κ2) is 8.69. The number of nitrogens with zero attached hydrogens (tertiary/aromatic N) is 1. The third-order valence-electron chi connectivity index (χ3n) is 3.32. The summed E-state index contributed by atoms with van der Waals surface area (Å²) in [6.07, 6.45) is 1.62. The standard InChI is InChI=1S/C16H18N2O3S2/c1-2-13(10-12-6-4-3-5-7-12)17-15(19)11-23-14-8-9-22-16(14)18(20)21/h3-9,13H,2,10-11H2,1H3,(H,17,19)/t13-/m1/s1. The lowest BCUT2D eigenvalue weighted by Gasteiger charge is -2.17. The lowest BCUT2D eigenvalue weighted by molar-refractivity contribution is -0.382. The van der Waals surface area contributed by atoms with E-state index >= 15 is 0 Å². The Morgan fingerprint density at radius 2 is 2.09 bits per heavy atom. The predicted molar refractivity (Wildman–Crippen MR) is 94.1 cm³/mol. The van der Waals surface area contributed by atoms with Crippen LogP contribution in [0.5, 0.6) is 0 Å². The molecule has 1 amide bonds. The SMILES string of the molecule is CC[C@H](Cc1ccccc1)NC(=O)CSc1ccsc1[N+](=O)[O-]. The summed E-state index contributed by atoms with van der Waals surface area (Å²) in [5, 5.41) is 15.6.